The maximum Gasteiger partial charge on any atom is 0.162 e. The summed E-state index contributed by atoms with van der Waals surface area (Å²) in [6, 6.07) is 3.88. The summed E-state index contributed by atoms with van der Waals surface area (Å²) in [7, 11) is 2.41. The van der Waals surface area contributed by atoms with Crippen LogP contribution in [0.4, 0.5) is 0 Å². The van der Waals surface area contributed by atoms with Crippen LogP contribution in [0.2, 0.25) is 0 Å². The van der Waals surface area contributed by atoms with Crippen LogP contribution in [0.3, 0.4) is 0 Å². The average Bonchev–Trinajstić information content (AvgIpc) is 3.47. The van der Waals surface area contributed by atoms with E-state index in [1.807, 2.05) is 0 Å². The summed E-state index contributed by atoms with van der Waals surface area (Å²) < 4.78 is 1.26. The minimum Gasteiger partial charge on any atom is -0.545 e. The number of nitrogens with zero attached hydrogens (tertiary/aromatic N) is 1. The van der Waals surface area contributed by atoms with Gasteiger partial charge >= 0.3 is 0 Å². The molecule has 1 atom stereocenters. The lowest BCUT2D eigenvalue weighted by atomic mass is 10.0. The van der Waals surface area contributed by atoms with Crippen LogP contribution in [0, 0.1) is 0 Å². The van der Waals surface area contributed by atoms with E-state index in [0.29, 0.717) is 12.0 Å². The van der Waals surface area contributed by atoms with Gasteiger partial charge in [0.2, 0.25) is 0 Å². The number of rotatable bonds is 27. The number of likely N-dealkylation sites (N-methyl/N-ethyl adjacent to an activating group) is 1. The normalized spacial score (nSPS) is 16.0. The van der Waals surface area contributed by atoms with Gasteiger partial charge in [-0.1, -0.05) is 142 Å². The zero-order valence-corrected chi connectivity index (χ0v) is 29.7. The molecule has 6 nitrogen and oxygen atoms in total. The van der Waals surface area contributed by atoms with Gasteiger partial charge in [0.25, 0.3) is 0 Å². The van der Waals surface area contributed by atoms with Crippen molar-refractivity contribution in [1.82, 2.24) is 5.32 Å². The third-order valence-corrected chi connectivity index (χ3v) is 9.42. The third-order valence-electron chi connectivity index (χ3n) is 9.42. The van der Waals surface area contributed by atoms with E-state index >= 15 is 0 Å². The van der Waals surface area contributed by atoms with Crippen molar-refractivity contribution in [2.24, 2.45) is 0 Å². The van der Waals surface area contributed by atoms with Gasteiger partial charge in [0.15, 0.2) is 5.78 Å². The van der Waals surface area contributed by atoms with Crippen molar-refractivity contribution in [1.29, 1.82) is 0 Å². The monoisotopic (exact) mass is 631 g/mol. The van der Waals surface area contributed by atoms with E-state index in [9.17, 15) is 19.8 Å². The highest BCUT2D eigenvalue weighted by atomic mass is 16.4. The molecule has 2 N–H and O–H groups in total. The molecule has 0 amide bonds. The van der Waals surface area contributed by atoms with E-state index in [4.69, 9.17) is 0 Å². The van der Waals surface area contributed by atoms with Crippen molar-refractivity contribution in [3.05, 3.63) is 29.3 Å². The molecule has 6 heteroatoms. The van der Waals surface area contributed by atoms with E-state index in [-0.39, 0.29) is 17.1 Å². The van der Waals surface area contributed by atoms with Crippen molar-refractivity contribution < 1.29 is 24.3 Å². The lowest BCUT2D eigenvalue weighted by molar-refractivity contribution is -0.898. The van der Waals surface area contributed by atoms with E-state index < -0.39 is 5.97 Å². The van der Waals surface area contributed by atoms with Crippen LogP contribution in [0.25, 0.3) is 0 Å². The Hall–Kier alpha value is -1.92. The number of hydrogen-bond donors (Lipinski definition) is 2. The number of nitrogens with one attached hydrogen (secondary N) is 1. The van der Waals surface area contributed by atoms with E-state index in [0.717, 1.165) is 19.3 Å². The average molecular weight is 631 g/mol. The van der Waals surface area contributed by atoms with Crippen molar-refractivity contribution >= 4 is 11.8 Å². The first-order chi connectivity index (χ1) is 21.8. The van der Waals surface area contributed by atoms with Gasteiger partial charge in [0.05, 0.1) is 26.1 Å². The molecule has 45 heavy (non-hydrogen) atoms. The largest absolute Gasteiger partial charge is 0.545 e. The number of benzene rings is 1. The van der Waals surface area contributed by atoms with Gasteiger partial charge in [0, 0.05) is 24.1 Å². The zero-order valence-electron chi connectivity index (χ0n) is 29.7. The summed E-state index contributed by atoms with van der Waals surface area (Å²) in [6.45, 7) is 9.63. The maximum absolute atomic E-state index is 12.0. The summed E-state index contributed by atoms with van der Waals surface area (Å²) in [4.78, 5) is 22.9. The second-order valence-corrected chi connectivity index (χ2v) is 13.8. The Bertz CT molecular complexity index is 882. The Morgan fingerprint density at radius 2 is 1.16 bits per heavy atom. The first-order valence-electron chi connectivity index (χ1n) is 18.9. The number of phenols is 1. The number of unbranched alkanes of at least 4 members (excludes halogenated alkanes) is 21. The summed E-state index contributed by atoms with van der Waals surface area (Å²) in [5, 5.41) is 23.7. The molecule has 1 fully saturated rings. The van der Waals surface area contributed by atoms with Gasteiger partial charge in [-0.25, -0.2) is 0 Å². The molecule has 1 saturated heterocycles. The first-order valence-corrected chi connectivity index (χ1v) is 18.9. The van der Waals surface area contributed by atoms with E-state index in [2.05, 4.69) is 26.2 Å². The summed E-state index contributed by atoms with van der Waals surface area (Å²) in [5.41, 5.74) is -0.00973. The highest BCUT2D eigenvalue weighted by molar-refractivity contribution is 5.99. The predicted octanol–water partition coefficient (Wildman–Crippen LogP) is 9.33. The number of ketones is 1. The summed E-state index contributed by atoms with van der Waals surface area (Å²) in [5.74, 6) is -1.93. The fourth-order valence-corrected chi connectivity index (χ4v) is 6.27. The molecular formula is C39H70N2O4. The molecule has 0 saturated carbocycles. The quantitative estimate of drug-likeness (QED) is 0.0574. The standard InChI is InChI=1S/C20H43N2.C19H28O4/c1-3-4-5-6-7-8-9-10-11-12-13-14-15-16-18-22(2)19-17-21-20-22;1-2-3-4-5-6-7-8-9-10-11-17(20)15-12-13-18(21)16(14-15)19(22)23/h21H,3-20H2,1-2H3;12-14,21H,2-11H2,1H3,(H,22,23)/q+1;/p-1. The van der Waals surface area contributed by atoms with Crippen molar-refractivity contribution in [3.63, 3.8) is 0 Å². The Labute approximate surface area is 277 Å². The second-order valence-electron chi connectivity index (χ2n) is 13.8. The molecule has 1 heterocycles. The number of aromatic hydroxyl groups is 1. The lowest BCUT2D eigenvalue weighted by Gasteiger charge is -2.28. The number of aromatic carboxylic acids is 1. The van der Waals surface area contributed by atoms with Crippen LogP contribution >= 0.6 is 0 Å². The van der Waals surface area contributed by atoms with E-state index in [1.165, 1.54) is 177 Å². The fourth-order valence-electron chi connectivity index (χ4n) is 6.27. The minimum absolute atomic E-state index is 0.0876. The molecule has 0 spiro atoms. The molecule has 0 aliphatic carbocycles. The molecule has 2 rings (SSSR count). The lowest BCUT2D eigenvalue weighted by Crippen LogP contribution is -2.43. The van der Waals surface area contributed by atoms with Gasteiger partial charge in [-0.3, -0.25) is 10.1 Å². The number of Topliss-reactive ketones (excluding diaryl/α,β-unsaturated/α-hetero) is 1. The molecule has 0 aromatic heterocycles. The van der Waals surface area contributed by atoms with Crippen LogP contribution < -0.4 is 10.4 Å². The third kappa shape index (κ3) is 21.5. The number of quaternary nitrogens is 1. The molecule has 0 bridgehead atoms. The van der Waals surface area contributed by atoms with Crippen LogP contribution in [0.1, 0.15) is 189 Å². The molecule has 0 radical (unpaired) electrons. The Kier molecular flexibility index (Phi) is 24.9. The van der Waals surface area contributed by atoms with Crippen molar-refractivity contribution in [2.45, 2.75) is 168 Å². The van der Waals surface area contributed by atoms with E-state index in [1.54, 1.807) is 0 Å². The van der Waals surface area contributed by atoms with Gasteiger partial charge in [-0.05, 0) is 37.5 Å². The Morgan fingerprint density at radius 3 is 1.58 bits per heavy atom. The summed E-state index contributed by atoms with van der Waals surface area (Å²) >= 11 is 0. The first kappa shape index (κ1) is 41.1. The molecule has 1 aliphatic rings. The highest BCUT2D eigenvalue weighted by Crippen LogP contribution is 2.20. The minimum atomic E-state index is -1.47. The molecule has 260 valence electrons. The Morgan fingerprint density at radius 1 is 0.711 bits per heavy atom. The number of carboxylic acid groups (broad SMARTS) is 1. The highest BCUT2D eigenvalue weighted by Gasteiger charge is 2.25. The SMILES string of the molecule is CCCCCCCCCCCC(=O)c1ccc(O)c(C(=O)[O-])c1.CCCCCCCCCCCCCCCC[N+]1(C)CCNC1. The molecule has 1 aliphatic heterocycles. The zero-order chi connectivity index (χ0) is 33.0. The van der Waals surface area contributed by atoms with Crippen LogP contribution in [-0.2, 0) is 0 Å². The number of carbonyl (C=O) groups is 2. The molecule has 1 aromatic carbocycles. The fraction of sp³-hybridized carbons (Fsp3) is 0.795. The molecular weight excluding hydrogens is 560 g/mol. The second kappa shape index (κ2) is 27.2. The number of carboxylic acids is 1. The van der Waals surface area contributed by atoms with Gasteiger partial charge in [0.1, 0.15) is 12.4 Å². The van der Waals surface area contributed by atoms with Crippen LogP contribution in [-0.4, -0.2) is 54.7 Å². The van der Waals surface area contributed by atoms with Gasteiger partial charge < -0.3 is 19.5 Å². The topological polar surface area (TPSA) is 89.5 Å². The van der Waals surface area contributed by atoms with Gasteiger partial charge in [-0.2, -0.15) is 0 Å². The predicted molar refractivity (Wildman–Crippen MR) is 188 cm³/mol. The van der Waals surface area contributed by atoms with Gasteiger partial charge in [-0.15, -0.1) is 0 Å². The summed E-state index contributed by atoms with van der Waals surface area (Å²) in [6.07, 6.45) is 31.5. The van der Waals surface area contributed by atoms with Crippen LogP contribution in [0.15, 0.2) is 18.2 Å². The Balaban J connectivity index is 0.000000450. The maximum atomic E-state index is 12.0. The number of carbonyl (C=O) groups excluding carboxylic acids is 2. The van der Waals surface area contributed by atoms with Crippen molar-refractivity contribution in [2.75, 3.05) is 33.4 Å². The van der Waals surface area contributed by atoms with Crippen LogP contribution in [0.5, 0.6) is 5.75 Å². The smallest absolute Gasteiger partial charge is 0.162 e. The number of hydrogen-bond acceptors (Lipinski definition) is 5. The molecule has 1 aromatic rings. The molecule has 1 unspecified atom stereocenters. The van der Waals surface area contributed by atoms with Crippen molar-refractivity contribution in [3.8, 4) is 5.75 Å².